The highest BCUT2D eigenvalue weighted by Gasteiger charge is 2.33. The van der Waals surface area contributed by atoms with E-state index in [1.54, 1.807) is 6.07 Å². The van der Waals surface area contributed by atoms with Crippen LogP contribution in [0.2, 0.25) is 5.02 Å². The molecule has 1 aliphatic carbocycles. The third kappa shape index (κ3) is 3.41. The molecule has 0 heterocycles. The first-order valence-electron chi connectivity index (χ1n) is 6.88. The summed E-state index contributed by atoms with van der Waals surface area (Å²) in [6.07, 6.45) is 4.32. The highest BCUT2D eigenvalue weighted by atomic mass is 35.5. The van der Waals surface area contributed by atoms with Crippen molar-refractivity contribution < 1.29 is 10.2 Å². The number of rotatable bonds is 4. The lowest BCUT2D eigenvalue weighted by Gasteiger charge is -2.39. The van der Waals surface area contributed by atoms with Crippen molar-refractivity contribution in [2.75, 3.05) is 6.61 Å². The third-order valence-electron chi connectivity index (χ3n) is 4.12. The number of hydrogen-bond acceptors (Lipinski definition) is 3. The predicted molar refractivity (Wildman–Crippen MR) is 77.4 cm³/mol. The second kappa shape index (κ2) is 6.12. The summed E-state index contributed by atoms with van der Waals surface area (Å²) in [5, 5.41) is 23.4. The Balaban J connectivity index is 2.05. The van der Waals surface area contributed by atoms with Gasteiger partial charge in [0.05, 0.1) is 11.6 Å². The number of aromatic hydroxyl groups is 1. The summed E-state index contributed by atoms with van der Waals surface area (Å²) < 4.78 is 0. The van der Waals surface area contributed by atoms with E-state index in [4.69, 9.17) is 11.6 Å². The lowest BCUT2D eigenvalue weighted by atomic mass is 9.77. The number of aliphatic hydroxyl groups is 1. The maximum absolute atomic E-state index is 9.90. The van der Waals surface area contributed by atoms with Gasteiger partial charge in [-0.2, -0.15) is 0 Å². The van der Waals surface area contributed by atoms with E-state index in [2.05, 4.69) is 12.2 Å². The van der Waals surface area contributed by atoms with E-state index < -0.39 is 0 Å². The van der Waals surface area contributed by atoms with Gasteiger partial charge in [-0.25, -0.2) is 0 Å². The molecule has 2 rings (SSSR count). The van der Waals surface area contributed by atoms with Crippen LogP contribution in [0.5, 0.6) is 5.75 Å². The molecule has 0 aliphatic heterocycles. The summed E-state index contributed by atoms with van der Waals surface area (Å²) in [4.78, 5) is 0. The van der Waals surface area contributed by atoms with E-state index in [1.807, 2.05) is 12.1 Å². The van der Waals surface area contributed by atoms with Crippen molar-refractivity contribution in [2.24, 2.45) is 5.92 Å². The molecule has 1 fully saturated rings. The molecule has 1 aliphatic rings. The van der Waals surface area contributed by atoms with Gasteiger partial charge in [0.1, 0.15) is 5.75 Å². The minimum atomic E-state index is -0.216. The lowest BCUT2D eigenvalue weighted by Crippen LogP contribution is -2.51. The normalized spacial score (nSPS) is 27.4. The van der Waals surface area contributed by atoms with Crippen molar-refractivity contribution in [3.05, 3.63) is 28.8 Å². The van der Waals surface area contributed by atoms with E-state index >= 15 is 0 Å². The quantitative estimate of drug-likeness (QED) is 0.796. The lowest BCUT2D eigenvalue weighted by molar-refractivity contribution is 0.0980. The van der Waals surface area contributed by atoms with Gasteiger partial charge < -0.3 is 15.5 Å². The Morgan fingerprint density at radius 3 is 2.95 bits per heavy atom. The Kier molecular flexibility index (Phi) is 4.71. The number of aliphatic hydroxyl groups excluding tert-OH is 1. The van der Waals surface area contributed by atoms with Crippen molar-refractivity contribution >= 4 is 11.6 Å². The van der Waals surface area contributed by atoms with Crippen molar-refractivity contribution in [1.29, 1.82) is 0 Å². The molecule has 19 heavy (non-hydrogen) atoms. The van der Waals surface area contributed by atoms with E-state index in [0.29, 0.717) is 17.5 Å². The Bertz CT molecular complexity index is 438. The smallest absolute Gasteiger partial charge is 0.138 e. The fourth-order valence-electron chi connectivity index (χ4n) is 3.01. The van der Waals surface area contributed by atoms with Crippen LogP contribution in [0.4, 0.5) is 0 Å². The second-order valence-electron chi connectivity index (χ2n) is 5.74. The third-order valence-corrected chi connectivity index (χ3v) is 4.42. The number of benzene rings is 1. The van der Waals surface area contributed by atoms with Gasteiger partial charge in [-0.1, -0.05) is 43.5 Å². The molecule has 0 bridgehead atoms. The highest BCUT2D eigenvalue weighted by molar-refractivity contribution is 6.32. The van der Waals surface area contributed by atoms with E-state index in [-0.39, 0.29) is 17.9 Å². The average molecular weight is 284 g/mol. The van der Waals surface area contributed by atoms with Gasteiger partial charge in [-0.15, -0.1) is 0 Å². The van der Waals surface area contributed by atoms with Crippen LogP contribution in [0, 0.1) is 5.92 Å². The summed E-state index contributed by atoms with van der Waals surface area (Å²) >= 11 is 5.90. The molecule has 0 amide bonds. The molecule has 0 aromatic heterocycles. The summed E-state index contributed by atoms with van der Waals surface area (Å²) in [5.41, 5.74) is 0.561. The molecule has 2 unspecified atom stereocenters. The van der Waals surface area contributed by atoms with Crippen LogP contribution in [0.15, 0.2) is 18.2 Å². The monoisotopic (exact) mass is 283 g/mol. The zero-order valence-corrected chi connectivity index (χ0v) is 12.1. The topological polar surface area (TPSA) is 52.5 Å². The molecule has 0 spiro atoms. The summed E-state index contributed by atoms with van der Waals surface area (Å²) in [7, 11) is 0. The van der Waals surface area contributed by atoms with Gasteiger partial charge in [-0.3, -0.25) is 0 Å². The minimum Gasteiger partial charge on any atom is -0.506 e. The molecule has 0 radical (unpaired) electrons. The molecule has 2 atom stereocenters. The van der Waals surface area contributed by atoms with Crippen LogP contribution in [0.3, 0.4) is 0 Å². The fourth-order valence-corrected chi connectivity index (χ4v) is 3.20. The predicted octanol–water partition coefficient (Wildman–Crippen LogP) is 3.08. The Morgan fingerprint density at radius 1 is 1.47 bits per heavy atom. The van der Waals surface area contributed by atoms with Crippen LogP contribution in [-0.4, -0.2) is 22.4 Å². The molecule has 4 heteroatoms. The summed E-state index contributed by atoms with van der Waals surface area (Å²) in [6, 6.07) is 5.35. The maximum Gasteiger partial charge on any atom is 0.138 e. The van der Waals surface area contributed by atoms with Crippen molar-refractivity contribution in [2.45, 2.75) is 44.7 Å². The Morgan fingerprint density at radius 2 is 2.26 bits per heavy atom. The zero-order chi connectivity index (χ0) is 13.9. The van der Waals surface area contributed by atoms with Crippen molar-refractivity contribution in [3.63, 3.8) is 0 Å². The SMILES string of the molecule is CC1CCCC(CO)(NCc2cccc(Cl)c2O)C1. The Labute approximate surface area is 119 Å². The van der Waals surface area contributed by atoms with E-state index in [9.17, 15) is 10.2 Å². The summed E-state index contributed by atoms with van der Waals surface area (Å²) in [6.45, 7) is 2.89. The van der Waals surface area contributed by atoms with E-state index in [1.165, 1.54) is 6.42 Å². The molecule has 1 aromatic carbocycles. The van der Waals surface area contributed by atoms with Crippen molar-refractivity contribution in [1.82, 2.24) is 5.32 Å². The average Bonchev–Trinajstić information content (AvgIpc) is 2.40. The maximum atomic E-state index is 9.90. The first-order valence-corrected chi connectivity index (χ1v) is 7.26. The highest BCUT2D eigenvalue weighted by Crippen LogP contribution is 2.33. The van der Waals surface area contributed by atoms with Crippen LogP contribution in [-0.2, 0) is 6.54 Å². The van der Waals surface area contributed by atoms with Gasteiger partial charge in [0.2, 0.25) is 0 Å². The molecule has 1 aromatic rings. The number of hydrogen-bond donors (Lipinski definition) is 3. The largest absolute Gasteiger partial charge is 0.506 e. The number of para-hydroxylation sites is 1. The fraction of sp³-hybridized carbons (Fsp3) is 0.600. The molecule has 0 saturated heterocycles. The molecule has 1 saturated carbocycles. The Hall–Kier alpha value is -0.770. The molecule has 106 valence electrons. The number of phenols is 1. The van der Waals surface area contributed by atoms with Gasteiger partial charge in [0.15, 0.2) is 0 Å². The van der Waals surface area contributed by atoms with E-state index in [0.717, 1.165) is 24.8 Å². The van der Waals surface area contributed by atoms with Gasteiger partial charge >= 0.3 is 0 Å². The number of halogens is 1. The van der Waals surface area contributed by atoms with Gasteiger partial charge in [-0.05, 0) is 24.8 Å². The van der Waals surface area contributed by atoms with Crippen LogP contribution in [0.1, 0.15) is 38.2 Å². The standard InChI is InChI=1S/C15H22ClNO2/c1-11-4-3-7-15(8-11,10-18)17-9-12-5-2-6-13(16)14(12)19/h2,5-6,11,17-19H,3-4,7-10H2,1H3. The minimum absolute atomic E-state index is 0.133. The number of nitrogens with one attached hydrogen (secondary N) is 1. The first kappa shape index (κ1) is 14.6. The first-order chi connectivity index (χ1) is 9.06. The van der Waals surface area contributed by atoms with Crippen LogP contribution >= 0.6 is 11.6 Å². The molecular weight excluding hydrogens is 262 g/mol. The van der Waals surface area contributed by atoms with Gasteiger partial charge in [0.25, 0.3) is 0 Å². The van der Waals surface area contributed by atoms with Gasteiger partial charge in [0, 0.05) is 17.6 Å². The van der Waals surface area contributed by atoms with Crippen molar-refractivity contribution in [3.8, 4) is 5.75 Å². The summed E-state index contributed by atoms with van der Waals surface area (Å²) in [5.74, 6) is 0.759. The zero-order valence-electron chi connectivity index (χ0n) is 11.3. The number of phenolic OH excluding ortho intramolecular Hbond substituents is 1. The van der Waals surface area contributed by atoms with Crippen LogP contribution < -0.4 is 5.32 Å². The second-order valence-corrected chi connectivity index (χ2v) is 6.15. The van der Waals surface area contributed by atoms with Crippen LogP contribution in [0.25, 0.3) is 0 Å². The molecular formula is C15H22ClNO2. The molecule has 3 nitrogen and oxygen atoms in total. The molecule has 3 N–H and O–H groups in total.